The summed E-state index contributed by atoms with van der Waals surface area (Å²) >= 11 is 0. The molecule has 1 aliphatic heterocycles. The number of halogens is 2. The Hall–Kier alpha value is -0.930. The highest BCUT2D eigenvalue weighted by molar-refractivity contribution is 5.94. The van der Waals surface area contributed by atoms with Crippen molar-refractivity contribution >= 4 is 30.7 Å². The maximum Gasteiger partial charge on any atom is 0.251 e. The van der Waals surface area contributed by atoms with Gasteiger partial charge >= 0.3 is 0 Å². The lowest BCUT2D eigenvalue weighted by atomic mass is 10.0. The summed E-state index contributed by atoms with van der Waals surface area (Å²) in [6, 6.07) is 8.69. The van der Waals surface area contributed by atoms with Gasteiger partial charge in [0.2, 0.25) is 0 Å². The molecule has 0 aromatic heterocycles. The molecule has 1 aliphatic rings. The molecule has 7 nitrogen and oxygen atoms in total. The van der Waals surface area contributed by atoms with Crippen LogP contribution in [-0.2, 0) is 4.74 Å². The Morgan fingerprint density at radius 3 is 2.30 bits per heavy atom. The van der Waals surface area contributed by atoms with E-state index in [-0.39, 0.29) is 56.0 Å². The monoisotopic (exact) mass is 423 g/mol. The Morgan fingerprint density at radius 1 is 1.11 bits per heavy atom. The minimum atomic E-state index is -0.796. The van der Waals surface area contributed by atoms with Gasteiger partial charge in [-0.1, -0.05) is 18.2 Å². The molecule has 1 aromatic carbocycles. The van der Waals surface area contributed by atoms with Crippen LogP contribution in [0.2, 0.25) is 0 Å². The average Bonchev–Trinajstić information content (AvgIpc) is 2.94. The molecular weight excluding hydrogens is 393 g/mol. The SMILES string of the molecule is CN(C)CCN(C)[C@@H]1[C@H](O)[C@H](CO)O[C@@H]1CNC(=O)c1ccccc1.Cl.Cl. The predicted molar refractivity (Wildman–Crippen MR) is 110 cm³/mol. The van der Waals surface area contributed by atoms with E-state index in [0.29, 0.717) is 5.56 Å². The normalized spacial score (nSPS) is 24.4. The Kier molecular flexibility index (Phi) is 12.1. The smallest absolute Gasteiger partial charge is 0.251 e. The van der Waals surface area contributed by atoms with Gasteiger partial charge in [-0.2, -0.15) is 0 Å². The molecule has 9 heteroatoms. The fourth-order valence-electron chi connectivity index (χ4n) is 3.08. The molecule has 156 valence electrons. The number of rotatable bonds is 8. The molecule has 4 atom stereocenters. The second-order valence-corrected chi connectivity index (χ2v) is 6.74. The highest BCUT2D eigenvalue weighted by Crippen LogP contribution is 2.24. The molecule has 0 unspecified atom stereocenters. The number of ether oxygens (including phenoxy) is 1. The maximum absolute atomic E-state index is 12.2. The van der Waals surface area contributed by atoms with Crippen LogP contribution in [0.15, 0.2) is 30.3 Å². The summed E-state index contributed by atoms with van der Waals surface area (Å²) in [5.74, 6) is -0.180. The summed E-state index contributed by atoms with van der Waals surface area (Å²) in [5, 5.41) is 22.8. The molecule has 27 heavy (non-hydrogen) atoms. The van der Waals surface area contributed by atoms with E-state index in [1.807, 2.05) is 44.2 Å². The predicted octanol–water partition coefficient (Wildman–Crippen LogP) is 0.243. The number of aliphatic hydroxyl groups excluding tert-OH is 2. The number of likely N-dealkylation sites (N-methyl/N-ethyl adjacent to an activating group) is 2. The van der Waals surface area contributed by atoms with Crippen LogP contribution in [0.25, 0.3) is 0 Å². The number of nitrogens with one attached hydrogen (secondary N) is 1. The van der Waals surface area contributed by atoms with Crippen LogP contribution in [0.4, 0.5) is 0 Å². The zero-order valence-corrected chi connectivity index (χ0v) is 17.6. The van der Waals surface area contributed by atoms with Crippen molar-refractivity contribution in [1.82, 2.24) is 15.1 Å². The molecule has 0 aliphatic carbocycles. The third-order valence-corrected chi connectivity index (χ3v) is 4.55. The highest BCUT2D eigenvalue weighted by atomic mass is 35.5. The minimum Gasteiger partial charge on any atom is -0.394 e. The number of hydrogen-bond acceptors (Lipinski definition) is 6. The summed E-state index contributed by atoms with van der Waals surface area (Å²) in [4.78, 5) is 16.3. The van der Waals surface area contributed by atoms with Gasteiger partial charge in [0.25, 0.3) is 5.91 Å². The molecule has 1 heterocycles. The van der Waals surface area contributed by atoms with E-state index in [0.717, 1.165) is 13.1 Å². The Balaban J connectivity index is 0.00000338. The number of nitrogens with zero attached hydrogens (tertiary/aromatic N) is 2. The van der Waals surface area contributed by atoms with Crippen molar-refractivity contribution in [2.45, 2.75) is 24.4 Å². The molecule has 0 bridgehead atoms. The molecule has 1 amide bonds. The van der Waals surface area contributed by atoms with Crippen LogP contribution in [0, 0.1) is 0 Å². The van der Waals surface area contributed by atoms with Gasteiger partial charge in [0.15, 0.2) is 0 Å². The van der Waals surface area contributed by atoms with Crippen LogP contribution in [0.1, 0.15) is 10.4 Å². The molecule has 1 saturated heterocycles. The van der Waals surface area contributed by atoms with Gasteiger partial charge in [0.05, 0.1) is 18.8 Å². The Morgan fingerprint density at radius 2 is 1.74 bits per heavy atom. The van der Waals surface area contributed by atoms with Crippen molar-refractivity contribution in [3.05, 3.63) is 35.9 Å². The number of benzene rings is 1. The summed E-state index contributed by atoms with van der Waals surface area (Å²) < 4.78 is 5.78. The number of carbonyl (C=O) groups is 1. The highest BCUT2D eigenvalue weighted by Gasteiger charge is 2.45. The Bertz CT molecular complexity index is 551. The number of carbonyl (C=O) groups excluding carboxylic acids is 1. The molecule has 2 rings (SSSR count). The molecule has 3 N–H and O–H groups in total. The first-order valence-electron chi connectivity index (χ1n) is 8.56. The van der Waals surface area contributed by atoms with Crippen LogP contribution < -0.4 is 5.32 Å². The van der Waals surface area contributed by atoms with Gasteiger partial charge in [0.1, 0.15) is 12.2 Å². The zero-order chi connectivity index (χ0) is 18.4. The van der Waals surface area contributed by atoms with Crippen molar-refractivity contribution in [2.75, 3.05) is 47.4 Å². The standard InChI is InChI=1S/C18H29N3O4.2ClH/c1-20(2)9-10-21(3)16-14(25-15(12-22)17(16)23)11-19-18(24)13-7-5-4-6-8-13;;/h4-8,14-17,22-23H,9-12H2,1-3H3,(H,19,24);2*1H/t14-,15+,16+,17-;;/m1../s1. The summed E-state index contributed by atoms with van der Waals surface area (Å²) in [6.07, 6.45) is -1.81. The van der Waals surface area contributed by atoms with Crippen molar-refractivity contribution in [3.63, 3.8) is 0 Å². The summed E-state index contributed by atoms with van der Waals surface area (Å²) in [6.45, 7) is 1.62. The number of aliphatic hydroxyl groups is 2. The van der Waals surface area contributed by atoms with Crippen molar-refractivity contribution < 1.29 is 19.7 Å². The van der Waals surface area contributed by atoms with Gasteiger partial charge in [-0.15, -0.1) is 24.8 Å². The van der Waals surface area contributed by atoms with E-state index in [4.69, 9.17) is 4.74 Å². The second-order valence-electron chi connectivity index (χ2n) is 6.74. The quantitative estimate of drug-likeness (QED) is 0.555. The zero-order valence-electron chi connectivity index (χ0n) is 15.9. The van der Waals surface area contributed by atoms with Gasteiger partial charge < -0.3 is 25.2 Å². The van der Waals surface area contributed by atoms with Crippen LogP contribution >= 0.6 is 24.8 Å². The maximum atomic E-state index is 12.2. The van der Waals surface area contributed by atoms with Crippen LogP contribution in [0.3, 0.4) is 0 Å². The summed E-state index contributed by atoms with van der Waals surface area (Å²) in [5.41, 5.74) is 0.581. The first-order valence-corrected chi connectivity index (χ1v) is 8.56. The van der Waals surface area contributed by atoms with Gasteiger partial charge in [0, 0.05) is 25.2 Å². The van der Waals surface area contributed by atoms with E-state index < -0.39 is 12.2 Å². The van der Waals surface area contributed by atoms with Gasteiger partial charge in [-0.05, 0) is 33.3 Å². The van der Waals surface area contributed by atoms with Crippen molar-refractivity contribution in [3.8, 4) is 0 Å². The third-order valence-electron chi connectivity index (χ3n) is 4.55. The largest absolute Gasteiger partial charge is 0.394 e. The number of amides is 1. The Labute approximate surface area is 173 Å². The van der Waals surface area contributed by atoms with Gasteiger partial charge in [-0.25, -0.2) is 0 Å². The van der Waals surface area contributed by atoms with E-state index in [1.165, 1.54) is 0 Å². The fraction of sp³-hybridized carbons (Fsp3) is 0.611. The average molecular weight is 424 g/mol. The van der Waals surface area contributed by atoms with Crippen molar-refractivity contribution in [1.29, 1.82) is 0 Å². The molecule has 0 spiro atoms. The number of hydrogen-bond donors (Lipinski definition) is 3. The van der Waals surface area contributed by atoms with E-state index in [2.05, 4.69) is 10.2 Å². The molecule has 0 saturated carbocycles. The van der Waals surface area contributed by atoms with Crippen LogP contribution in [0.5, 0.6) is 0 Å². The van der Waals surface area contributed by atoms with Crippen LogP contribution in [-0.4, -0.2) is 97.7 Å². The van der Waals surface area contributed by atoms with Gasteiger partial charge in [-0.3, -0.25) is 9.69 Å². The lowest BCUT2D eigenvalue weighted by Crippen LogP contribution is -2.51. The van der Waals surface area contributed by atoms with Crippen molar-refractivity contribution in [2.24, 2.45) is 0 Å². The molecule has 1 fully saturated rings. The molecule has 0 radical (unpaired) electrons. The first kappa shape index (κ1) is 26.1. The topological polar surface area (TPSA) is 85.3 Å². The molecule has 1 aromatic rings. The summed E-state index contributed by atoms with van der Waals surface area (Å²) in [7, 11) is 5.90. The third kappa shape index (κ3) is 7.19. The fourth-order valence-corrected chi connectivity index (χ4v) is 3.08. The molecular formula is C18H31Cl2N3O4. The lowest BCUT2D eigenvalue weighted by molar-refractivity contribution is -0.0209. The first-order chi connectivity index (χ1) is 11.9. The minimum absolute atomic E-state index is 0. The van der Waals surface area contributed by atoms with E-state index >= 15 is 0 Å². The van der Waals surface area contributed by atoms with E-state index in [9.17, 15) is 15.0 Å². The second kappa shape index (κ2) is 12.5. The lowest BCUT2D eigenvalue weighted by Gasteiger charge is -2.31. The van der Waals surface area contributed by atoms with E-state index in [1.54, 1.807) is 12.1 Å².